The van der Waals surface area contributed by atoms with E-state index < -0.39 is 0 Å². The van der Waals surface area contributed by atoms with Crippen LogP contribution < -0.4 is 5.73 Å². The van der Waals surface area contributed by atoms with Gasteiger partial charge in [0.25, 0.3) is 0 Å². The van der Waals surface area contributed by atoms with E-state index in [-0.39, 0.29) is 0 Å². The van der Waals surface area contributed by atoms with Crippen LogP contribution in [0.15, 0.2) is 0 Å². The first-order chi connectivity index (χ1) is 5.27. The van der Waals surface area contributed by atoms with Crippen molar-refractivity contribution in [3.63, 3.8) is 0 Å². The van der Waals surface area contributed by atoms with E-state index in [1.54, 1.807) is 0 Å². The lowest BCUT2D eigenvalue weighted by Crippen LogP contribution is -2.34. The first-order valence-electron chi connectivity index (χ1n) is 4.77. The quantitative estimate of drug-likeness (QED) is 0.665. The molecule has 66 valence electrons. The molecule has 0 bridgehead atoms. The fourth-order valence-corrected chi connectivity index (χ4v) is 1.95. The standard InChI is InChI=1S/C9H20N2/c1-3-9(4-2)11-6-5-8(10)7-11/h8-9H,3-7,10H2,1-2H3. The highest BCUT2D eigenvalue weighted by molar-refractivity contribution is 4.81. The van der Waals surface area contributed by atoms with Crippen LogP contribution in [0.2, 0.25) is 0 Å². The summed E-state index contributed by atoms with van der Waals surface area (Å²) in [7, 11) is 0. The average Bonchev–Trinajstić information content (AvgIpc) is 2.39. The molecule has 1 aliphatic rings. The smallest absolute Gasteiger partial charge is 0.0180 e. The van der Waals surface area contributed by atoms with Gasteiger partial charge in [0.2, 0.25) is 0 Å². The Hall–Kier alpha value is -0.0800. The molecule has 2 nitrogen and oxygen atoms in total. The molecule has 0 aromatic heterocycles. The Morgan fingerprint density at radius 3 is 2.45 bits per heavy atom. The number of nitrogens with two attached hydrogens (primary N) is 1. The third-order valence-corrected chi connectivity index (χ3v) is 2.72. The Morgan fingerprint density at radius 2 is 2.09 bits per heavy atom. The van der Waals surface area contributed by atoms with Crippen LogP contribution in [0.1, 0.15) is 33.1 Å². The van der Waals surface area contributed by atoms with Crippen LogP contribution in [-0.2, 0) is 0 Å². The number of likely N-dealkylation sites (tertiary alicyclic amines) is 1. The molecule has 0 aromatic rings. The zero-order valence-corrected chi connectivity index (χ0v) is 7.71. The lowest BCUT2D eigenvalue weighted by molar-refractivity contribution is 0.227. The van der Waals surface area contributed by atoms with Crippen LogP contribution in [0.25, 0.3) is 0 Å². The highest BCUT2D eigenvalue weighted by Gasteiger charge is 2.23. The van der Waals surface area contributed by atoms with Crippen LogP contribution in [0, 0.1) is 0 Å². The van der Waals surface area contributed by atoms with Crippen molar-refractivity contribution in [1.82, 2.24) is 4.90 Å². The van der Waals surface area contributed by atoms with E-state index in [4.69, 9.17) is 5.73 Å². The molecule has 0 radical (unpaired) electrons. The van der Waals surface area contributed by atoms with Crippen LogP contribution >= 0.6 is 0 Å². The summed E-state index contributed by atoms with van der Waals surface area (Å²) in [5, 5.41) is 0. The molecule has 1 aliphatic heterocycles. The van der Waals surface area contributed by atoms with Crippen molar-refractivity contribution < 1.29 is 0 Å². The van der Waals surface area contributed by atoms with Crippen molar-refractivity contribution in [2.24, 2.45) is 5.73 Å². The SMILES string of the molecule is CCC(CC)N1CCC(N)C1. The van der Waals surface area contributed by atoms with Crippen molar-refractivity contribution in [1.29, 1.82) is 0 Å². The summed E-state index contributed by atoms with van der Waals surface area (Å²) in [5.74, 6) is 0. The summed E-state index contributed by atoms with van der Waals surface area (Å²) in [6, 6.07) is 1.22. The van der Waals surface area contributed by atoms with Crippen molar-refractivity contribution in [2.45, 2.75) is 45.2 Å². The summed E-state index contributed by atoms with van der Waals surface area (Å²) in [5.41, 5.74) is 5.83. The predicted octanol–water partition coefficient (Wildman–Crippen LogP) is 1.21. The zero-order valence-electron chi connectivity index (χ0n) is 7.71. The van der Waals surface area contributed by atoms with Gasteiger partial charge in [-0.1, -0.05) is 13.8 Å². The average molecular weight is 156 g/mol. The van der Waals surface area contributed by atoms with Gasteiger partial charge in [-0.25, -0.2) is 0 Å². The van der Waals surface area contributed by atoms with Crippen molar-refractivity contribution in [2.75, 3.05) is 13.1 Å². The third-order valence-electron chi connectivity index (χ3n) is 2.72. The first-order valence-corrected chi connectivity index (χ1v) is 4.77. The molecule has 0 spiro atoms. The minimum absolute atomic E-state index is 0.440. The second-order valence-corrected chi connectivity index (χ2v) is 3.51. The maximum absolute atomic E-state index is 5.83. The van der Waals surface area contributed by atoms with E-state index in [1.807, 2.05) is 0 Å². The monoisotopic (exact) mass is 156 g/mol. The number of hydrogen-bond acceptors (Lipinski definition) is 2. The summed E-state index contributed by atoms with van der Waals surface area (Å²) in [4.78, 5) is 2.53. The van der Waals surface area contributed by atoms with Crippen molar-refractivity contribution in [3.8, 4) is 0 Å². The molecule has 1 unspecified atom stereocenters. The molecule has 11 heavy (non-hydrogen) atoms. The summed E-state index contributed by atoms with van der Waals surface area (Å²) in [6.45, 7) is 6.86. The molecule has 1 saturated heterocycles. The van der Waals surface area contributed by atoms with E-state index in [9.17, 15) is 0 Å². The van der Waals surface area contributed by atoms with Gasteiger partial charge >= 0.3 is 0 Å². The topological polar surface area (TPSA) is 29.3 Å². The van der Waals surface area contributed by atoms with E-state index in [2.05, 4.69) is 18.7 Å². The van der Waals surface area contributed by atoms with E-state index in [0.717, 1.165) is 12.6 Å². The van der Waals surface area contributed by atoms with Gasteiger partial charge in [0.15, 0.2) is 0 Å². The predicted molar refractivity (Wildman–Crippen MR) is 48.5 cm³/mol. The molecule has 2 N–H and O–H groups in total. The van der Waals surface area contributed by atoms with Gasteiger partial charge in [-0.3, -0.25) is 4.90 Å². The van der Waals surface area contributed by atoms with Crippen LogP contribution in [0.3, 0.4) is 0 Å². The minimum atomic E-state index is 0.440. The molecule has 0 aliphatic carbocycles. The minimum Gasteiger partial charge on any atom is -0.326 e. The molecule has 0 amide bonds. The Bertz CT molecular complexity index is 110. The second kappa shape index (κ2) is 4.07. The Balaban J connectivity index is 2.34. The Labute approximate surface area is 69.8 Å². The zero-order chi connectivity index (χ0) is 8.27. The number of rotatable bonds is 3. The normalized spacial score (nSPS) is 26.7. The second-order valence-electron chi connectivity index (χ2n) is 3.51. The molecule has 1 atom stereocenters. The van der Waals surface area contributed by atoms with Crippen LogP contribution in [0.4, 0.5) is 0 Å². The lowest BCUT2D eigenvalue weighted by atomic mass is 10.1. The maximum Gasteiger partial charge on any atom is 0.0180 e. The Morgan fingerprint density at radius 1 is 1.45 bits per heavy atom. The summed E-state index contributed by atoms with van der Waals surface area (Å²) < 4.78 is 0. The van der Waals surface area contributed by atoms with Crippen molar-refractivity contribution in [3.05, 3.63) is 0 Å². The Kier molecular flexibility index (Phi) is 3.34. The number of nitrogens with zero attached hydrogens (tertiary/aromatic N) is 1. The van der Waals surface area contributed by atoms with E-state index in [0.29, 0.717) is 6.04 Å². The molecule has 0 saturated carbocycles. The lowest BCUT2D eigenvalue weighted by Gasteiger charge is -2.25. The molecule has 0 aromatic carbocycles. The van der Waals surface area contributed by atoms with Crippen LogP contribution in [0.5, 0.6) is 0 Å². The summed E-state index contributed by atoms with van der Waals surface area (Å²) in [6.07, 6.45) is 3.73. The first kappa shape index (κ1) is 9.01. The molecule has 1 heterocycles. The van der Waals surface area contributed by atoms with Gasteiger partial charge in [0.1, 0.15) is 0 Å². The molecule has 1 fully saturated rings. The van der Waals surface area contributed by atoms with Gasteiger partial charge < -0.3 is 5.73 Å². The molecule has 2 heteroatoms. The molecular formula is C9H20N2. The molecule has 1 rings (SSSR count). The number of hydrogen-bond donors (Lipinski definition) is 1. The van der Waals surface area contributed by atoms with Gasteiger partial charge in [-0.2, -0.15) is 0 Å². The van der Waals surface area contributed by atoms with E-state index in [1.165, 1.54) is 25.8 Å². The van der Waals surface area contributed by atoms with Gasteiger partial charge in [0, 0.05) is 25.2 Å². The van der Waals surface area contributed by atoms with Crippen LogP contribution in [-0.4, -0.2) is 30.1 Å². The maximum atomic E-state index is 5.83. The largest absolute Gasteiger partial charge is 0.326 e. The van der Waals surface area contributed by atoms with Gasteiger partial charge in [-0.15, -0.1) is 0 Å². The van der Waals surface area contributed by atoms with Gasteiger partial charge in [-0.05, 0) is 19.3 Å². The summed E-state index contributed by atoms with van der Waals surface area (Å²) >= 11 is 0. The van der Waals surface area contributed by atoms with Crippen molar-refractivity contribution >= 4 is 0 Å². The molecular weight excluding hydrogens is 136 g/mol. The highest BCUT2D eigenvalue weighted by Crippen LogP contribution is 2.15. The third kappa shape index (κ3) is 2.17. The van der Waals surface area contributed by atoms with E-state index >= 15 is 0 Å². The fraction of sp³-hybridized carbons (Fsp3) is 1.00. The fourth-order valence-electron chi connectivity index (χ4n) is 1.95. The van der Waals surface area contributed by atoms with Gasteiger partial charge in [0.05, 0.1) is 0 Å². The highest BCUT2D eigenvalue weighted by atomic mass is 15.2.